The first-order chi connectivity index (χ1) is 12.6. The van der Waals surface area contributed by atoms with Crippen LogP contribution in [-0.4, -0.2) is 42.6 Å². The van der Waals surface area contributed by atoms with E-state index in [1.807, 2.05) is 20.8 Å². The number of methoxy groups -OCH3 is 1. The molecule has 8 nitrogen and oxygen atoms in total. The predicted octanol–water partition coefficient (Wildman–Crippen LogP) is 4.50. The zero-order valence-electron chi connectivity index (χ0n) is 16.6. The summed E-state index contributed by atoms with van der Waals surface area (Å²) >= 11 is 0. The summed E-state index contributed by atoms with van der Waals surface area (Å²) in [4.78, 5) is 21.8. The lowest BCUT2D eigenvalue weighted by molar-refractivity contribution is -0.384. The molecule has 0 saturated carbocycles. The van der Waals surface area contributed by atoms with Gasteiger partial charge in [-0.15, -0.1) is 0 Å². The van der Waals surface area contributed by atoms with Crippen LogP contribution in [0.25, 0.3) is 0 Å². The number of hydrogen-bond donors (Lipinski definition) is 0. The molecule has 8 heteroatoms. The zero-order chi connectivity index (χ0) is 20.5. The second-order valence-electron chi connectivity index (χ2n) is 7.07. The van der Waals surface area contributed by atoms with E-state index in [-0.39, 0.29) is 23.6 Å². The van der Waals surface area contributed by atoms with Crippen LogP contribution in [0.1, 0.15) is 47.0 Å². The van der Waals surface area contributed by atoms with Gasteiger partial charge in [-0.25, -0.2) is 4.79 Å². The van der Waals surface area contributed by atoms with Crippen LogP contribution in [0.3, 0.4) is 0 Å². The lowest BCUT2D eigenvalue weighted by Crippen LogP contribution is -2.32. The van der Waals surface area contributed by atoms with Gasteiger partial charge in [0.05, 0.1) is 29.3 Å². The third kappa shape index (κ3) is 8.36. The van der Waals surface area contributed by atoms with Crippen molar-refractivity contribution in [1.29, 1.82) is 0 Å². The number of rotatable bonds is 11. The van der Waals surface area contributed by atoms with Crippen molar-refractivity contribution >= 4 is 11.8 Å². The van der Waals surface area contributed by atoms with E-state index in [0.717, 1.165) is 12.8 Å². The average Bonchev–Trinajstić information content (AvgIpc) is 2.61. The molecule has 0 amide bonds. The first-order valence-electron chi connectivity index (χ1n) is 8.89. The normalized spacial score (nSPS) is 13.7. The number of carbonyl (C=O) groups excluding carboxylic acids is 1. The summed E-state index contributed by atoms with van der Waals surface area (Å²) in [5.74, 6) is 0.180. The van der Waals surface area contributed by atoms with Gasteiger partial charge in [0, 0.05) is 25.7 Å². The van der Waals surface area contributed by atoms with Gasteiger partial charge in [-0.05, 0) is 45.7 Å². The van der Waals surface area contributed by atoms with E-state index in [4.69, 9.17) is 18.9 Å². The molecule has 1 unspecified atom stereocenters. The highest BCUT2D eigenvalue weighted by Gasteiger charge is 2.24. The Labute approximate surface area is 159 Å². The molecule has 0 aliphatic rings. The minimum atomic E-state index is -0.863. The van der Waals surface area contributed by atoms with Crippen LogP contribution in [0.4, 0.5) is 10.5 Å². The SMILES string of the molecule is CCC(C)(CCOC(C)(C)CCOC(=O)Oc1ccc([N+](=O)[O-])cc1)OC. The summed E-state index contributed by atoms with van der Waals surface area (Å²) in [5.41, 5.74) is -0.751. The molecule has 0 radical (unpaired) electrons. The Morgan fingerprint density at radius 3 is 2.26 bits per heavy atom. The summed E-state index contributed by atoms with van der Waals surface area (Å²) in [7, 11) is 1.69. The van der Waals surface area contributed by atoms with E-state index in [2.05, 4.69) is 6.92 Å². The first-order valence-corrected chi connectivity index (χ1v) is 8.89. The lowest BCUT2D eigenvalue weighted by atomic mass is 9.99. The molecule has 0 bridgehead atoms. The van der Waals surface area contributed by atoms with Crippen molar-refractivity contribution in [3.63, 3.8) is 0 Å². The molecule has 0 fully saturated rings. The van der Waals surface area contributed by atoms with Crippen LogP contribution in [0.5, 0.6) is 5.75 Å². The molecule has 0 N–H and O–H groups in total. The highest BCUT2D eigenvalue weighted by molar-refractivity contribution is 5.63. The molecule has 1 aromatic carbocycles. The van der Waals surface area contributed by atoms with Crippen molar-refractivity contribution in [2.24, 2.45) is 0 Å². The Balaban J connectivity index is 2.33. The number of hydrogen-bond acceptors (Lipinski definition) is 7. The first kappa shape index (κ1) is 22.9. The molecule has 0 heterocycles. The Kier molecular flexibility index (Phi) is 8.65. The van der Waals surface area contributed by atoms with Crippen molar-refractivity contribution in [2.45, 2.75) is 58.2 Å². The molecule has 1 aromatic rings. The van der Waals surface area contributed by atoms with Crippen LogP contribution in [-0.2, 0) is 14.2 Å². The van der Waals surface area contributed by atoms with Crippen LogP contribution in [0.2, 0.25) is 0 Å². The molecule has 152 valence electrons. The van der Waals surface area contributed by atoms with E-state index < -0.39 is 16.7 Å². The summed E-state index contributed by atoms with van der Waals surface area (Å²) in [6.45, 7) is 8.63. The van der Waals surface area contributed by atoms with Gasteiger partial charge >= 0.3 is 6.16 Å². The fourth-order valence-electron chi connectivity index (χ4n) is 2.18. The van der Waals surface area contributed by atoms with Crippen molar-refractivity contribution in [3.8, 4) is 5.75 Å². The monoisotopic (exact) mass is 383 g/mol. The largest absolute Gasteiger partial charge is 0.513 e. The van der Waals surface area contributed by atoms with Crippen LogP contribution in [0.15, 0.2) is 24.3 Å². The summed E-state index contributed by atoms with van der Waals surface area (Å²) < 4.78 is 21.4. The molecule has 0 spiro atoms. The summed E-state index contributed by atoms with van der Waals surface area (Å²) in [6, 6.07) is 5.19. The van der Waals surface area contributed by atoms with Crippen LogP contribution in [0, 0.1) is 10.1 Å². The molecule has 0 aliphatic carbocycles. The predicted molar refractivity (Wildman–Crippen MR) is 100 cm³/mol. The zero-order valence-corrected chi connectivity index (χ0v) is 16.6. The van der Waals surface area contributed by atoms with E-state index in [1.165, 1.54) is 24.3 Å². The second-order valence-corrected chi connectivity index (χ2v) is 7.07. The van der Waals surface area contributed by atoms with Crippen LogP contribution >= 0.6 is 0 Å². The molecule has 0 aliphatic heterocycles. The minimum absolute atomic E-state index is 0.0812. The number of ether oxygens (including phenoxy) is 4. The maximum absolute atomic E-state index is 11.7. The van der Waals surface area contributed by atoms with Gasteiger partial charge in [0.25, 0.3) is 5.69 Å². The fourth-order valence-corrected chi connectivity index (χ4v) is 2.18. The maximum Gasteiger partial charge on any atom is 0.513 e. The number of nitrogens with zero attached hydrogens (tertiary/aromatic N) is 1. The standard InChI is InChI=1S/C19H29NO7/c1-6-19(4,24-5)12-14-26-18(2,3)11-13-25-17(21)27-16-9-7-15(8-10-16)20(22)23/h7-10H,6,11-14H2,1-5H3. The Morgan fingerprint density at radius 1 is 1.11 bits per heavy atom. The van der Waals surface area contributed by atoms with Gasteiger partial charge in [0.15, 0.2) is 0 Å². The minimum Gasteiger partial charge on any atom is -0.434 e. The van der Waals surface area contributed by atoms with Crippen molar-refractivity contribution in [2.75, 3.05) is 20.3 Å². The van der Waals surface area contributed by atoms with Crippen molar-refractivity contribution in [1.82, 2.24) is 0 Å². The molecule has 1 rings (SSSR count). The van der Waals surface area contributed by atoms with Gasteiger partial charge in [0.2, 0.25) is 0 Å². The summed E-state index contributed by atoms with van der Waals surface area (Å²) in [5, 5.41) is 10.6. The molecular formula is C19H29NO7. The van der Waals surface area contributed by atoms with E-state index >= 15 is 0 Å². The number of nitro groups is 1. The number of carbonyl (C=O) groups is 1. The smallest absolute Gasteiger partial charge is 0.434 e. The van der Waals surface area contributed by atoms with Crippen LogP contribution < -0.4 is 4.74 Å². The molecule has 27 heavy (non-hydrogen) atoms. The molecular weight excluding hydrogens is 354 g/mol. The van der Waals surface area contributed by atoms with Gasteiger partial charge < -0.3 is 18.9 Å². The molecule has 0 aromatic heterocycles. The van der Waals surface area contributed by atoms with E-state index in [1.54, 1.807) is 7.11 Å². The molecule has 0 saturated heterocycles. The highest BCUT2D eigenvalue weighted by Crippen LogP contribution is 2.22. The lowest BCUT2D eigenvalue weighted by Gasteiger charge is -2.30. The third-order valence-corrected chi connectivity index (χ3v) is 4.54. The van der Waals surface area contributed by atoms with E-state index in [0.29, 0.717) is 13.0 Å². The van der Waals surface area contributed by atoms with Gasteiger partial charge in [0.1, 0.15) is 5.75 Å². The molecule has 1 atom stereocenters. The van der Waals surface area contributed by atoms with Gasteiger partial charge in [-0.1, -0.05) is 6.92 Å². The highest BCUT2D eigenvalue weighted by atomic mass is 16.7. The van der Waals surface area contributed by atoms with E-state index in [9.17, 15) is 14.9 Å². The topological polar surface area (TPSA) is 97.1 Å². The Hall–Kier alpha value is -2.19. The number of non-ortho nitro benzene ring substituents is 1. The Bertz CT molecular complexity index is 609. The van der Waals surface area contributed by atoms with Crippen molar-refractivity contribution < 1.29 is 28.7 Å². The van der Waals surface area contributed by atoms with Gasteiger partial charge in [-0.2, -0.15) is 0 Å². The van der Waals surface area contributed by atoms with Gasteiger partial charge in [-0.3, -0.25) is 10.1 Å². The quantitative estimate of drug-likeness (QED) is 0.240. The number of benzene rings is 1. The third-order valence-electron chi connectivity index (χ3n) is 4.54. The fraction of sp³-hybridized carbons (Fsp3) is 0.632. The van der Waals surface area contributed by atoms with Crippen molar-refractivity contribution in [3.05, 3.63) is 34.4 Å². The number of nitro benzene ring substituents is 1. The maximum atomic E-state index is 11.7. The Morgan fingerprint density at radius 2 is 1.74 bits per heavy atom. The summed E-state index contributed by atoms with van der Waals surface area (Å²) in [6.07, 6.45) is 1.30. The average molecular weight is 383 g/mol. The second kappa shape index (κ2) is 10.2.